The van der Waals surface area contributed by atoms with Gasteiger partial charge in [-0.2, -0.15) is 0 Å². The molecule has 1 atom stereocenters. The van der Waals surface area contributed by atoms with Crippen molar-refractivity contribution in [1.29, 1.82) is 0 Å². The van der Waals surface area contributed by atoms with Crippen LogP contribution in [0.25, 0.3) is 11.0 Å². The Bertz CT molecular complexity index is 1590. The molecule has 3 aromatic heterocycles. The topological polar surface area (TPSA) is 134 Å². The Balaban J connectivity index is 1.35. The van der Waals surface area contributed by atoms with Crippen LogP contribution >= 0.6 is 23.4 Å². The molecule has 6 rings (SSSR count). The smallest absolute Gasteiger partial charge is 0.453 e. The number of aromatic nitrogens is 3. The molecule has 1 aromatic carbocycles. The lowest BCUT2D eigenvalue weighted by Crippen LogP contribution is -2.39. The fourth-order valence-electron chi connectivity index (χ4n) is 4.71. The summed E-state index contributed by atoms with van der Waals surface area (Å²) in [6, 6.07) is 7.41. The molecule has 0 fully saturated rings. The minimum absolute atomic E-state index is 0.0336. The van der Waals surface area contributed by atoms with Crippen LogP contribution in [0, 0.1) is 6.92 Å². The molecule has 5 heterocycles. The number of aromatic amines is 2. The van der Waals surface area contributed by atoms with E-state index >= 15 is 0 Å². The highest BCUT2D eigenvalue weighted by molar-refractivity contribution is 7.99. The summed E-state index contributed by atoms with van der Waals surface area (Å²) in [4.78, 5) is 35.9. The number of nitrogens with zero attached hydrogens (tertiary/aromatic N) is 1. The van der Waals surface area contributed by atoms with Crippen LogP contribution in [-0.2, 0) is 9.53 Å². The second-order valence-corrected chi connectivity index (χ2v) is 10.1. The summed E-state index contributed by atoms with van der Waals surface area (Å²) in [7, 11) is 0. The highest BCUT2D eigenvalue weighted by Crippen LogP contribution is 2.47. The van der Waals surface area contributed by atoms with E-state index in [-0.39, 0.29) is 24.8 Å². The summed E-state index contributed by atoms with van der Waals surface area (Å²) in [6.45, 7) is 4.54. The Morgan fingerprint density at radius 2 is 2.16 bits per heavy atom. The molecular formula is C25H22ClN5O5S. The minimum atomic E-state index is -0.817. The van der Waals surface area contributed by atoms with Crippen molar-refractivity contribution in [3.8, 4) is 5.88 Å². The molecule has 12 heteroatoms. The monoisotopic (exact) mass is 539 g/mol. The molecule has 0 saturated heterocycles. The average Bonchev–Trinajstić information content (AvgIpc) is 3.58. The lowest BCUT2D eigenvalue weighted by atomic mass is 9.82. The molecule has 37 heavy (non-hydrogen) atoms. The lowest BCUT2D eigenvalue weighted by Gasteiger charge is -2.31. The van der Waals surface area contributed by atoms with E-state index in [1.54, 1.807) is 13.1 Å². The van der Waals surface area contributed by atoms with Crippen molar-refractivity contribution in [3.05, 3.63) is 63.6 Å². The van der Waals surface area contributed by atoms with Crippen LogP contribution in [0.2, 0.25) is 5.02 Å². The Kier molecular flexibility index (Phi) is 5.98. The van der Waals surface area contributed by atoms with E-state index < -0.39 is 12.1 Å². The molecule has 0 bridgehead atoms. The second-order valence-electron chi connectivity index (χ2n) is 8.63. The first-order valence-electron chi connectivity index (χ1n) is 11.6. The minimum Gasteiger partial charge on any atom is -0.453 e. The first kappa shape index (κ1) is 23.7. The fraction of sp³-hybridized carbons (Fsp3) is 0.240. The molecule has 10 nitrogen and oxygen atoms in total. The number of ketones is 1. The van der Waals surface area contributed by atoms with Gasteiger partial charge in [0.2, 0.25) is 5.88 Å². The third-order valence-corrected chi connectivity index (χ3v) is 7.24. The number of aryl methyl sites for hydroxylation is 1. The Hall–Kier alpha value is -3.67. The number of imidazole rings is 1. The van der Waals surface area contributed by atoms with E-state index in [0.717, 1.165) is 22.2 Å². The van der Waals surface area contributed by atoms with Gasteiger partial charge in [0, 0.05) is 34.6 Å². The van der Waals surface area contributed by atoms with Crippen LogP contribution in [0.1, 0.15) is 29.7 Å². The molecule has 2 aliphatic heterocycles. The zero-order valence-corrected chi connectivity index (χ0v) is 21.4. The number of rotatable bonds is 5. The van der Waals surface area contributed by atoms with Gasteiger partial charge in [0.15, 0.2) is 16.0 Å². The molecule has 190 valence electrons. The van der Waals surface area contributed by atoms with Gasteiger partial charge >= 0.3 is 6.16 Å². The fourth-order valence-corrected chi connectivity index (χ4v) is 5.74. The number of hydrogen-bond donors (Lipinski definition) is 4. The molecule has 2 aliphatic rings. The van der Waals surface area contributed by atoms with Gasteiger partial charge < -0.3 is 34.5 Å². The highest BCUT2D eigenvalue weighted by atomic mass is 35.5. The van der Waals surface area contributed by atoms with E-state index in [9.17, 15) is 9.59 Å². The van der Waals surface area contributed by atoms with Crippen molar-refractivity contribution in [2.24, 2.45) is 0 Å². The third-order valence-electron chi connectivity index (χ3n) is 6.21. The SMILES string of the molecule is CCOC(=O)Oc1[nH]cc2c1NC1=C(C(=O)CNC1)C2c1ccc(Sc2nc3c(C)cc(Cl)cc3[nH]2)o1. The molecule has 0 saturated carbocycles. The van der Waals surface area contributed by atoms with Crippen LogP contribution < -0.4 is 15.4 Å². The van der Waals surface area contributed by atoms with Crippen molar-refractivity contribution in [3.63, 3.8) is 0 Å². The van der Waals surface area contributed by atoms with Gasteiger partial charge in [-0.1, -0.05) is 11.6 Å². The number of carbonyl (C=O) groups excluding carboxylic acids is 2. The number of benzene rings is 1. The standard InChI is InChI=1S/C25H22ClN5O5S/c1-3-34-25(33)36-23-22-13(8-28-23)19(20-15(29-22)9-27-10-16(20)32)17-4-5-18(35-17)37-24-30-14-7-12(26)6-11(2)21(14)31-24/h4-8,19,27-29H,3,9-10H2,1-2H3,(H,30,31). The number of ether oxygens (including phenoxy) is 2. The zero-order chi connectivity index (χ0) is 25.7. The first-order valence-corrected chi connectivity index (χ1v) is 12.8. The summed E-state index contributed by atoms with van der Waals surface area (Å²) >= 11 is 7.53. The van der Waals surface area contributed by atoms with Gasteiger partial charge in [-0.15, -0.1) is 0 Å². The maximum atomic E-state index is 13.0. The number of H-pyrrole nitrogens is 2. The average molecular weight is 540 g/mol. The summed E-state index contributed by atoms with van der Waals surface area (Å²) < 4.78 is 16.5. The van der Waals surface area contributed by atoms with Gasteiger partial charge in [-0.25, -0.2) is 9.78 Å². The summed E-state index contributed by atoms with van der Waals surface area (Å²) in [5.74, 6) is 0.280. The Morgan fingerprint density at radius 1 is 1.30 bits per heavy atom. The van der Waals surface area contributed by atoms with E-state index in [0.29, 0.717) is 44.5 Å². The maximum Gasteiger partial charge on any atom is 0.515 e. The predicted octanol–water partition coefficient (Wildman–Crippen LogP) is 5.12. The molecule has 4 N–H and O–H groups in total. The molecule has 0 radical (unpaired) electrons. The Morgan fingerprint density at radius 3 is 3.00 bits per heavy atom. The van der Waals surface area contributed by atoms with Crippen LogP contribution in [0.4, 0.5) is 10.5 Å². The quantitative estimate of drug-likeness (QED) is 0.255. The summed E-state index contributed by atoms with van der Waals surface area (Å²) in [5.41, 5.74) is 5.28. The number of furan rings is 1. The number of anilines is 1. The highest BCUT2D eigenvalue weighted by Gasteiger charge is 2.39. The van der Waals surface area contributed by atoms with E-state index in [1.165, 1.54) is 11.8 Å². The zero-order valence-electron chi connectivity index (χ0n) is 19.9. The molecule has 0 amide bonds. The van der Waals surface area contributed by atoms with Crippen molar-refractivity contribution in [1.82, 2.24) is 20.3 Å². The van der Waals surface area contributed by atoms with Crippen LogP contribution in [0.5, 0.6) is 5.88 Å². The van der Waals surface area contributed by atoms with Gasteiger partial charge in [-0.3, -0.25) is 4.79 Å². The third kappa shape index (κ3) is 4.28. The largest absolute Gasteiger partial charge is 0.515 e. The number of Topliss-reactive ketones (excluding diaryl/α,β-unsaturated/α-hetero) is 1. The van der Waals surface area contributed by atoms with Crippen molar-refractivity contribution in [2.45, 2.75) is 30.0 Å². The number of nitrogens with one attached hydrogen (secondary N) is 4. The van der Waals surface area contributed by atoms with Crippen LogP contribution in [0.15, 0.2) is 56.4 Å². The first-order chi connectivity index (χ1) is 17.9. The van der Waals surface area contributed by atoms with E-state index in [2.05, 4.69) is 25.6 Å². The number of halogens is 1. The van der Waals surface area contributed by atoms with Crippen LogP contribution in [0.3, 0.4) is 0 Å². The van der Waals surface area contributed by atoms with Gasteiger partial charge in [-0.05, 0) is 55.4 Å². The molecule has 0 spiro atoms. The van der Waals surface area contributed by atoms with E-state index in [4.69, 9.17) is 25.5 Å². The van der Waals surface area contributed by atoms with Crippen molar-refractivity contribution < 1.29 is 23.5 Å². The normalized spacial score (nSPS) is 16.9. The van der Waals surface area contributed by atoms with Crippen molar-refractivity contribution in [2.75, 3.05) is 25.0 Å². The number of fused-ring (bicyclic) bond motifs is 2. The second kappa shape index (κ2) is 9.33. The van der Waals surface area contributed by atoms with E-state index in [1.807, 2.05) is 31.2 Å². The van der Waals surface area contributed by atoms with Crippen LogP contribution in [-0.4, -0.2) is 46.6 Å². The maximum absolute atomic E-state index is 13.0. The summed E-state index contributed by atoms with van der Waals surface area (Å²) in [6.07, 6.45) is 0.893. The van der Waals surface area contributed by atoms with Crippen molar-refractivity contribution >= 4 is 52.0 Å². The van der Waals surface area contributed by atoms with Gasteiger partial charge in [0.05, 0.1) is 30.1 Å². The van der Waals surface area contributed by atoms with Gasteiger partial charge in [0.25, 0.3) is 0 Å². The Labute approximate surface area is 220 Å². The number of carbonyl (C=O) groups is 2. The number of hydrogen-bond acceptors (Lipinski definition) is 9. The predicted molar refractivity (Wildman–Crippen MR) is 137 cm³/mol. The molecular weight excluding hydrogens is 518 g/mol. The lowest BCUT2D eigenvalue weighted by molar-refractivity contribution is -0.115. The summed E-state index contributed by atoms with van der Waals surface area (Å²) in [5, 5.41) is 8.27. The molecule has 4 aromatic rings. The molecule has 1 unspecified atom stereocenters. The van der Waals surface area contributed by atoms with Gasteiger partial charge in [0.1, 0.15) is 11.4 Å². The molecule has 0 aliphatic carbocycles.